The van der Waals surface area contributed by atoms with Crippen LogP contribution in [0, 0.1) is 42.6 Å². The Bertz CT molecular complexity index is 1350. The number of carbonyl (C=O) groups is 1. The molecule has 0 heterocycles. The standard InChI is InChI=1S/C24H21N4O2.C4H5O.U/c1-4-22(25)30-21-12-10-18(14-20(21)28-23(26)15(2)3)24(29)27-19-11-9-16-7-5-6-8-17(16)13-19;1-4(2)3-5;/h4,6-14,25H,1-2H2,3H3,(H2,26,28)(H,27,29);1H2,2H3;/q2*-1;+2. The van der Waals surface area contributed by atoms with Gasteiger partial charge in [0.15, 0.2) is 5.75 Å². The first kappa shape index (κ1) is 30.3. The molecule has 0 fully saturated rings. The molecular formula is C28H26N4O3U. The fraction of sp³-hybridized carbons (Fsp3) is 0.0714. The molecule has 0 radical (unpaired) electrons. The number of carbonyl (C=O) groups excluding carboxylic acids is 2. The molecule has 3 aromatic carbocycles. The van der Waals surface area contributed by atoms with Gasteiger partial charge in [-0.1, -0.05) is 32.2 Å². The average Bonchev–Trinajstić information content (AvgIpc) is 2.85. The molecule has 0 aliphatic heterocycles. The fourth-order valence-corrected chi connectivity index (χ4v) is 2.62. The maximum absolute atomic E-state index is 12.8. The van der Waals surface area contributed by atoms with Gasteiger partial charge in [0.2, 0.25) is 5.90 Å². The number of benzene rings is 3. The molecule has 0 saturated heterocycles. The molecule has 0 aliphatic carbocycles. The third-order valence-corrected chi connectivity index (χ3v) is 4.42. The van der Waals surface area contributed by atoms with E-state index in [1.807, 2.05) is 36.4 Å². The van der Waals surface area contributed by atoms with E-state index in [0.29, 0.717) is 28.1 Å². The number of hydrogen-bond donors (Lipinski definition) is 3. The van der Waals surface area contributed by atoms with Crippen LogP contribution in [0.15, 0.2) is 96.5 Å². The van der Waals surface area contributed by atoms with Crippen molar-refractivity contribution in [2.24, 2.45) is 10.7 Å². The summed E-state index contributed by atoms with van der Waals surface area (Å²) in [5, 5.41) is 12.6. The molecule has 3 aromatic rings. The summed E-state index contributed by atoms with van der Waals surface area (Å²) in [4.78, 5) is 26.4. The van der Waals surface area contributed by atoms with Gasteiger partial charge < -0.3 is 20.6 Å². The third kappa shape index (κ3) is 9.14. The van der Waals surface area contributed by atoms with Gasteiger partial charge in [0.05, 0.1) is 0 Å². The van der Waals surface area contributed by atoms with Gasteiger partial charge in [-0.25, -0.2) is 11.6 Å². The summed E-state index contributed by atoms with van der Waals surface area (Å²) >= 11 is 0. The van der Waals surface area contributed by atoms with Crippen LogP contribution in [-0.2, 0) is 4.79 Å². The summed E-state index contributed by atoms with van der Waals surface area (Å²) < 4.78 is 5.41. The number of amides is 1. The second-order valence-corrected chi connectivity index (χ2v) is 7.45. The summed E-state index contributed by atoms with van der Waals surface area (Å²) in [5.41, 5.74) is 8.26. The Kier molecular flexibility index (Phi) is 12.3. The minimum Gasteiger partial charge on any atom is -0.437 e. The molecule has 180 valence electrons. The van der Waals surface area contributed by atoms with E-state index in [0.717, 1.165) is 10.8 Å². The predicted octanol–water partition coefficient (Wildman–Crippen LogP) is 5.67. The van der Waals surface area contributed by atoms with Gasteiger partial charge in [-0.2, -0.15) is 29.8 Å². The van der Waals surface area contributed by atoms with Crippen molar-refractivity contribution >= 4 is 46.1 Å². The van der Waals surface area contributed by atoms with Crippen LogP contribution >= 0.6 is 0 Å². The number of ether oxygens (including phenoxy) is 1. The first-order valence-electron chi connectivity index (χ1n) is 10.4. The van der Waals surface area contributed by atoms with E-state index in [-0.39, 0.29) is 54.5 Å². The first-order valence-corrected chi connectivity index (χ1v) is 10.4. The molecule has 0 bridgehead atoms. The molecule has 3 rings (SSSR count). The SMILES string of the molecule is C=C(C)[C-]=O.C=CC(=N)Oc1ccc(C(=O)Nc2ccc3c[c-]ccc3c2)cc1N=C(N)C(=C)C.[U+2]. The minimum absolute atomic E-state index is 0. The quantitative estimate of drug-likeness (QED) is 0.127. The molecule has 4 N–H and O–H groups in total. The molecule has 0 aliphatic rings. The zero-order valence-corrected chi connectivity index (χ0v) is 24.3. The number of rotatable bonds is 7. The molecule has 0 spiro atoms. The van der Waals surface area contributed by atoms with Crippen LogP contribution in [0.3, 0.4) is 0 Å². The van der Waals surface area contributed by atoms with E-state index in [2.05, 4.69) is 36.1 Å². The fourth-order valence-electron chi connectivity index (χ4n) is 2.62. The Morgan fingerprint density at radius 2 is 1.86 bits per heavy atom. The predicted molar refractivity (Wildman–Crippen MR) is 142 cm³/mol. The molecule has 8 heteroatoms. The number of nitrogens with one attached hydrogen (secondary N) is 2. The second kappa shape index (κ2) is 14.6. The van der Waals surface area contributed by atoms with Crippen molar-refractivity contribution in [3.8, 4) is 5.75 Å². The topological polar surface area (TPSA) is 118 Å². The van der Waals surface area contributed by atoms with Crippen molar-refractivity contribution < 1.29 is 45.4 Å². The Labute approximate surface area is 234 Å². The molecule has 36 heavy (non-hydrogen) atoms. The van der Waals surface area contributed by atoms with E-state index in [1.54, 1.807) is 38.3 Å². The van der Waals surface area contributed by atoms with Crippen molar-refractivity contribution in [3.63, 3.8) is 0 Å². The van der Waals surface area contributed by atoms with E-state index >= 15 is 0 Å². The van der Waals surface area contributed by atoms with Gasteiger partial charge in [0.25, 0.3) is 5.91 Å². The number of allylic oxidation sites excluding steroid dienone is 1. The molecule has 0 aromatic heterocycles. The summed E-state index contributed by atoms with van der Waals surface area (Å²) in [6.45, 7) is 13.8. The van der Waals surface area contributed by atoms with Gasteiger partial charge in [-0.05, 0) is 43.1 Å². The Hall–Kier alpha value is -3.73. The number of nitrogens with two attached hydrogens (primary N) is 1. The molecule has 0 unspecified atom stereocenters. The van der Waals surface area contributed by atoms with Crippen molar-refractivity contribution in [3.05, 3.63) is 103 Å². The van der Waals surface area contributed by atoms with Crippen LogP contribution < -0.4 is 15.8 Å². The number of fused-ring (bicyclic) bond motifs is 1. The number of anilines is 1. The smallest absolute Gasteiger partial charge is 0.437 e. The van der Waals surface area contributed by atoms with E-state index in [4.69, 9.17) is 15.9 Å². The normalized spacial score (nSPS) is 10.1. The molecular weight excluding hydrogens is 678 g/mol. The third-order valence-electron chi connectivity index (χ3n) is 4.42. The Morgan fingerprint density at radius 1 is 1.17 bits per heavy atom. The van der Waals surface area contributed by atoms with Crippen LogP contribution in [0.5, 0.6) is 5.75 Å². The van der Waals surface area contributed by atoms with Crippen molar-refractivity contribution in [2.45, 2.75) is 13.8 Å². The van der Waals surface area contributed by atoms with Gasteiger partial charge in [0, 0.05) is 11.3 Å². The molecule has 7 nitrogen and oxygen atoms in total. The minimum atomic E-state index is -0.312. The number of aliphatic imine (C=N–C) groups is 1. The van der Waals surface area contributed by atoms with E-state index in [9.17, 15) is 9.59 Å². The summed E-state index contributed by atoms with van der Waals surface area (Å²) in [6, 6.07) is 19.0. The Balaban J connectivity index is 0.000000983. The number of amidine groups is 1. The van der Waals surface area contributed by atoms with Crippen molar-refractivity contribution in [2.75, 3.05) is 5.32 Å². The van der Waals surface area contributed by atoms with Crippen molar-refractivity contribution in [1.82, 2.24) is 0 Å². The van der Waals surface area contributed by atoms with Gasteiger partial charge >= 0.3 is 31.1 Å². The van der Waals surface area contributed by atoms with Gasteiger partial charge in [0.1, 0.15) is 11.5 Å². The zero-order valence-electron chi connectivity index (χ0n) is 20.1. The maximum Gasteiger partial charge on any atom is 2.00 e. The van der Waals surface area contributed by atoms with Gasteiger partial charge in [-0.3, -0.25) is 10.2 Å². The monoisotopic (exact) mass is 704 g/mol. The summed E-state index contributed by atoms with van der Waals surface area (Å²) in [5.74, 6) is 0.0231. The average molecular weight is 705 g/mol. The summed E-state index contributed by atoms with van der Waals surface area (Å²) in [7, 11) is 0. The van der Waals surface area contributed by atoms with Crippen LogP contribution in [0.25, 0.3) is 10.8 Å². The van der Waals surface area contributed by atoms with Crippen LogP contribution in [-0.4, -0.2) is 23.9 Å². The van der Waals surface area contributed by atoms with Crippen molar-refractivity contribution in [1.29, 1.82) is 5.41 Å². The molecule has 1 amide bonds. The second-order valence-electron chi connectivity index (χ2n) is 7.45. The zero-order chi connectivity index (χ0) is 26.0. The Morgan fingerprint density at radius 3 is 2.47 bits per heavy atom. The summed E-state index contributed by atoms with van der Waals surface area (Å²) in [6.07, 6.45) is 2.84. The molecule has 0 atom stereocenters. The van der Waals surface area contributed by atoms with Gasteiger partial charge in [-0.15, -0.1) is 16.8 Å². The maximum atomic E-state index is 12.8. The first-order chi connectivity index (χ1) is 16.6. The number of nitrogens with zero attached hydrogens (tertiary/aromatic N) is 1. The van der Waals surface area contributed by atoms with Crippen LogP contribution in [0.4, 0.5) is 11.4 Å². The van der Waals surface area contributed by atoms with E-state index < -0.39 is 0 Å². The van der Waals surface area contributed by atoms with E-state index in [1.165, 1.54) is 6.08 Å². The molecule has 0 saturated carbocycles. The van der Waals surface area contributed by atoms with Crippen LogP contribution in [0.1, 0.15) is 24.2 Å². The van der Waals surface area contributed by atoms with Crippen LogP contribution in [0.2, 0.25) is 0 Å². The number of hydrogen-bond acceptors (Lipinski definition) is 5. The largest absolute Gasteiger partial charge is 2.00 e.